The van der Waals surface area contributed by atoms with Crippen molar-refractivity contribution < 1.29 is 13.5 Å². The third-order valence-electron chi connectivity index (χ3n) is 3.04. The van der Waals surface area contributed by atoms with Crippen molar-refractivity contribution in [3.63, 3.8) is 0 Å². The number of aliphatic hydroxyl groups is 1. The molecule has 2 N–H and O–H groups in total. The molecule has 2 atom stereocenters. The van der Waals surface area contributed by atoms with Crippen LogP contribution >= 0.6 is 11.8 Å². The van der Waals surface area contributed by atoms with E-state index in [4.69, 9.17) is 5.11 Å². The Morgan fingerprint density at radius 2 is 2.29 bits per heavy atom. The van der Waals surface area contributed by atoms with Crippen molar-refractivity contribution in [3.8, 4) is 0 Å². The van der Waals surface area contributed by atoms with Gasteiger partial charge in [0.15, 0.2) is 0 Å². The first-order valence-corrected chi connectivity index (χ1v) is 8.60. The smallest absolute Gasteiger partial charge is 0.279 e. The van der Waals surface area contributed by atoms with Crippen molar-refractivity contribution in [2.45, 2.75) is 25.0 Å². The second-order valence-corrected chi connectivity index (χ2v) is 7.48. The molecule has 7 heteroatoms. The maximum Gasteiger partial charge on any atom is 0.279 e. The lowest BCUT2D eigenvalue weighted by atomic mass is 10.0. The molecule has 1 saturated heterocycles. The van der Waals surface area contributed by atoms with E-state index in [1.807, 2.05) is 13.2 Å². The van der Waals surface area contributed by atoms with E-state index in [-0.39, 0.29) is 17.8 Å². The number of nitrogens with zero attached hydrogens (tertiary/aromatic N) is 1. The molecule has 0 aromatic rings. The van der Waals surface area contributed by atoms with Gasteiger partial charge in [0.05, 0.1) is 0 Å². The van der Waals surface area contributed by atoms with Crippen LogP contribution in [0.2, 0.25) is 0 Å². The second kappa shape index (κ2) is 6.94. The molecule has 17 heavy (non-hydrogen) atoms. The molecule has 1 aliphatic rings. The van der Waals surface area contributed by atoms with Gasteiger partial charge in [-0.25, -0.2) is 4.72 Å². The quantitative estimate of drug-likeness (QED) is 0.734. The highest BCUT2D eigenvalue weighted by Gasteiger charge is 2.28. The van der Waals surface area contributed by atoms with Crippen LogP contribution < -0.4 is 4.72 Å². The number of hydrogen-bond donors (Lipinski definition) is 2. The first-order valence-electron chi connectivity index (χ1n) is 5.88. The summed E-state index contributed by atoms with van der Waals surface area (Å²) in [6, 6.07) is 0. The normalized spacial score (nSPS) is 24.8. The van der Waals surface area contributed by atoms with Crippen LogP contribution in [0.15, 0.2) is 0 Å². The van der Waals surface area contributed by atoms with Crippen LogP contribution in [-0.2, 0) is 10.2 Å². The largest absolute Gasteiger partial charge is 0.396 e. The minimum Gasteiger partial charge on any atom is -0.396 e. The molecule has 5 nitrogen and oxygen atoms in total. The van der Waals surface area contributed by atoms with Gasteiger partial charge in [-0.2, -0.15) is 24.5 Å². The average Bonchev–Trinajstić information content (AvgIpc) is 2.36. The number of nitrogens with one attached hydrogen (secondary N) is 1. The lowest BCUT2D eigenvalue weighted by Gasteiger charge is -2.31. The molecule has 1 fully saturated rings. The van der Waals surface area contributed by atoms with E-state index in [1.165, 1.54) is 4.31 Å². The summed E-state index contributed by atoms with van der Waals surface area (Å²) in [6.07, 6.45) is 3.69. The van der Waals surface area contributed by atoms with Crippen molar-refractivity contribution in [2.75, 3.05) is 32.5 Å². The number of piperidine rings is 1. The van der Waals surface area contributed by atoms with Crippen LogP contribution in [0.1, 0.15) is 19.8 Å². The highest BCUT2D eigenvalue weighted by Crippen LogP contribution is 2.18. The summed E-state index contributed by atoms with van der Waals surface area (Å²) in [5.41, 5.74) is 0. The number of rotatable bonds is 6. The fraction of sp³-hybridized carbons (Fsp3) is 1.00. The van der Waals surface area contributed by atoms with E-state index >= 15 is 0 Å². The van der Waals surface area contributed by atoms with Crippen molar-refractivity contribution >= 4 is 22.0 Å². The van der Waals surface area contributed by atoms with Gasteiger partial charge in [0.25, 0.3) is 10.2 Å². The summed E-state index contributed by atoms with van der Waals surface area (Å²) in [7, 11) is -3.37. The van der Waals surface area contributed by atoms with Crippen LogP contribution in [0.3, 0.4) is 0 Å². The molecule has 0 aromatic heterocycles. The van der Waals surface area contributed by atoms with Crippen LogP contribution in [0.4, 0.5) is 0 Å². The summed E-state index contributed by atoms with van der Waals surface area (Å²) in [4.78, 5) is 0. The Morgan fingerprint density at radius 1 is 1.59 bits per heavy atom. The number of aliphatic hydroxyl groups excluding tert-OH is 1. The minimum atomic E-state index is -3.37. The zero-order valence-corrected chi connectivity index (χ0v) is 12.1. The lowest BCUT2D eigenvalue weighted by molar-refractivity contribution is 0.165. The molecule has 2 unspecified atom stereocenters. The van der Waals surface area contributed by atoms with Gasteiger partial charge < -0.3 is 5.11 Å². The summed E-state index contributed by atoms with van der Waals surface area (Å²) in [5.74, 6) is 0.0818. The number of hydrogen-bond acceptors (Lipinski definition) is 4. The third-order valence-corrected chi connectivity index (χ3v) is 5.55. The molecular formula is C10H22N2O3S2. The molecule has 1 rings (SSSR count). The van der Waals surface area contributed by atoms with E-state index in [2.05, 4.69) is 4.72 Å². The Labute approximate surface area is 108 Å². The molecule has 0 amide bonds. The van der Waals surface area contributed by atoms with Crippen LogP contribution in [0.25, 0.3) is 0 Å². The first-order chi connectivity index (χ1) is 7.99. The maximum absolute atomic E-state index is 12.0. The Balaban J connectivity index is 2.51. The third kappa shape index (κ3) is 4.75. The van der Waals surface area contributed by atoms with Gasteiger partial charge in [-0.05, 0) is 25.0 Å². The summed E-state index contributed by atoms with van der Waals surface area (Å²) in [5, 5.41) is 9.35. The highest BCUT2D eigenvalue weighted by atomic mass is 32.2. The zero-order chi connectivity index (χ0) is 12.9. The molecule has 1 heterocycles. The second-order valence-electron chi connectivity index (χ2n) is 4.45. The van der Waals surface area contributed by atoms with Gasteiger partial charge in [-0.3, -0.25) is 0 Å². The molecule has 0 aliphatic carbocycles. The maximum atomic E-state index is 12.0. The Kier molecular flexibility index (Phi) is 6.22. The molecule has 0 bridgehead atoms. The standard InChI is InChI=1S/C10H22N2O3S2/c1-9(16-2)6-11-17(14,15)12-5-3-4-10(7-12)8-13/h9-11,13H,3-8H2,1-2H3. The van der Waals surface area contributed by atoms with Gasteiger partial charge in [0.1, 0.15) is 0 Å². The molecule has 1 aliphatic heterocycles. The summed E-state index contributed by atoms with van der Waals surface area (Å²) < 4.78 is 28.1. The lowest BCUT2D eigenvalue weighted by Crippen LogP contribution is -2.47. The topological polar surface area (TPSA) is 69.6 Å². The van der Waals surface area contributed by atoms with E-state index < -0.39 is 10.2 Å². The predicted octanol–water partition coefficient (Wildman–Crippen LogP) is 0.277. The fourth-order valence-electron chi connectivity index (χ4n) is 1.79. The molecule has 0 aromatic carbocycles. The Hall–Kier alpha value is 0.180. The molecule has 0 saturated carbocycles. The molecule has 0 spiro atoms. The van der Waals surface area contributed by atoms with E-state index in [1.54, 1.807) is 11.8 Å². The SMILES string of the molecule is CSC(C)CNS(=O)(=O)N1CCCC(CO)C1. The predicted molar refractivity (Wildman–Crippen MR) is 71.3 cm³/mol. The van der Waals surface area contributed by atoms with Gasteiger partial charge in [-0.15, -0.1) is 0 Å². The summed E-state index contributed by atoms with van der Waals surface area (Å²) in [6.45, 7) is 3.48. The van der Waals surface area contributed by atoms with Crippen molar-refractivity contribution in [2.24, 2.45) is 5.92 Å². The van der Waals surface area contributed by atoms with Crippen LogP contribution in [0, 0.1) is 5.92 Å². The van der Waals surface area contributed by atoms with Gasteiger partial charge in [0.2, 0.25) is 0 Å². The van der Waals surface area contributed by atoms with Crippen molar-refractivity contribution in [1.82, 2.24) is 9.03 Å². The van der Waals surface area contributed by atoms with E-state index in [0.29, 0.717) is 19.6 Å². The molecular weight excluding hydrogens is 260 g/mol. The van der Waals surface area contributed by atoms with Crippen molar-refractivity contribution in [1.29, 1.82) is 0 Å². The highest BCUT2D eigenvalue weighted by molar-refractivity contribution is 7.99. The Bertz CT molecular complexity index is 322. The van der Waals surface area contributed by atoms with Crippen LogP contribution in [0.5, 0.6) is 0 Å². The van der Waals surface area contributed by atoms with Gasteiger partial charge in [0, 0.05) is 31.5 Å². The summed E-state index contributed by atoms with van der Waals surface area (Å²) >= 11 is 1.63. The van der Waals surface area contributed by atoms with Gasteiger partial charge in [-0.1, -0.05) is 6.92 Å². The molecule has 102 valence electrons. The molecule has 0 radical (unpaired) electrons. The van der Waals surface area contributed by atoms with Crippen molar-refractivity contribution in [3.05, 3.63) is 0 Å². The average molecular weight is 282 g/mol. The monoisotopic (exact) mass is 282 g/mol. The van der Waals surface area contributed by atoms with E-state index in [9.17, 15) is 8.42 Å². The zero-order valence-electron chi connectivity index (χ0n) is 10.4. The number of thioether (sulfide) groups is 1. The van der Waals surface area contributed by atoms with Crippen LogP contribution in [-0.4, -0.2) is 55.6 Å². The minimum absolute atomic E-state index is 0.0627. The van der Waals surface area contributed by atoms with Gasteiger partial charge >= 0.3 is 0 Å². The van der Waals surface area contributed by atoms with E-state index in [0.717, 1.165) is 12.8 Å². The first kappa shape index (κ1) is 15.2. The fourth-order valence-corrected chi connectivity index (χ4v) is 3.57. The Morgan fingerprint density at radius 3 is 2.88 bits per heavy atom.